The summed E-state index contributed by atoms with van der Waals surface area (Å²) in [4.78, 5) is 26.5. The lowest BCUT2D eigenvalue weighted by atomic mass is 10.1. The Labute approximate surface area is 190 Å². The Morgan fingerprint density at radius 3 is 2.62 bits per heavy atom. The molecule has 1 atom stereocenters. The minimum absolute atomic E-state index is 0.0609. The van der Waals surface area contributed by atoms with E-state index in [1.165, 1.54) is 5.56 Å². The molecule has 0 spiro atoms. The lowest BCUT2D eigenvalue weighted by Crippen LogP contribution is -2.29. The summed E-state index contributed by atoms with van der Waals surface area (Å²) in [6.07, 6.45) is 6.09. The third kappa shape index (κ3) is 4.88. The van der Waals surface area contributed by atoms with Gasteiger partial charge in [0.2, 0.25) is 0 Å². The summed E-state index contributed by atoms with van der Waals surface area (Å²) in [5.41, 5.74) is 2.58. The summed E-state index contributed by atoms with van der Waals surface area (Å²) in [5.74, 6) is 2.39. The van der Waals surface area contributed by atoms with Crippen molar-refractivity contribution in [2.75, 3.05) is 26.7 Å². The van der Waals surface area contributed by atoms with Crippen molar-refractivity contribution in [2.24, 2.45) is 0 Å². The van der Waals surface area contributed by atoms with Gasteiger partial charge in [-0.25, -0.2) is 9.97 Å². The Kier molecular flexibility index (Phi) is 6.94. The zero-order valence-electron chi connectivity index (χ0n) is 19.6. The zero-order valence-corrected chi connectivity index (χ0v) is 19.6. The van der Waals surface area contributed by atoms with Crippen LogP contribution >= 0.6 is 0 Å². The molecular weight excluding hydrogens is 404 g/mol. The van der Waals surface area contributed by atoms with Gasteiger partial charge >= 0.3 is 0 Å². The molecule has 1 amide bonds. The molecule has 172 valence electrons. The van der Waals surface area contributed by atoms with Crippen LogP contribution in [0.15, 0.2) is 24.4 Å². The van der Waals surface area contributed by atoms with E-state index in [4.69, 9.17) is 14.5 Å². The van der Waals surface area contributed by atoms with Crippen molar-refractivity contribution < 1.29 is 14.3 Å². The van der Waals surface area contributed by atoms with E-state index in [0.29, 0.717) is 5.56 Å². The molecule has 2 fully saturated rings. The largest absolute Gasteiger partial charge is 0.493 e. The van der Waals surface area contributed by atoms with Crippen LogP contribution in [0.1, 0.15) is 73.0 Å². The fraction of sp³-hybridized carbons (Fsp3) is 0.560. The summed E-state index contributed by atoms with van der Waals surface area (Å²) >= 11 is 0. The highest BCUT2D eigenvalue weighted by Gasteiger charge is 2.30. The number of rotatable bonds is 7. The first-order valence-electron chi connectivity index (χ1n) is 11.7. The first kappa shape index (κ1) is 22.5. The van der Waals surface area contributed by atoms with Gasteiger partial charge in [-0.3, -0.25) is 9.69 Å². The molecule has 32 heavy (non-hydrogen) atoms. The molecule has 3 heterocycles. The van der Waals surface area contributed by atoms with Gasteiger partial charge in [-0.15, -0.1) is 0 Å². The number of amides is 1. The highest BCUT2D eigenvalue weighted by molar-refractivity contribution is 5.95. The van der Waals surface area contributed by atoms with Gasteiger partial charge in [0.25, 0.3) is 5.91 Å². The molecule has 2 aliphatic heterocycles. The van der Waals surface area contributed by atoms with Gasteiger partial charge in [-0.2, -0.15) is 0 Å². The standard InChI is InChI=1S/C25H34N4O3/c1-17(2)32-23-14-19(9-10-22(23)31-4)16-29-13-7-8-21(29)24-26-15-20(18(3)27-24)25(30)28-11-5-6-12-28/h9-10,14-15,17,21H,5-8,11-13,16H2,1-4H3/t21-/m0/s1. The molecule has 2 saturated heterocycles. The molecule has 2 aliphatic rings. The van der Waals surface area contributed by atoms with Crippen molar-refractivity contribution in [2.45, 2.75) is 65.1 Å². The van der Waals surface area contributed by atoms with E-state index in [0.717, 1.165) is 74.9 Å². The highest BCUT2D eigenvalue weighted by atomic mass is 16.5. The quantitative estimate of drug-likeness (QED) is 0.647. The number of ether oxygens (including phenoxy) is 2. The number of methoxy groups -OCH3 is 1. The monoisotopic (exact) mass is 438 g/mol. The Hall–Kier alpha value is -2.67. The summed E-state index contributed by atoms with van der Waals surface area (Å²) in [7, 11) is 1.66. The molecular formula is C25H34N4O3. The number of hydrogen-bond donors (Lipinski definition) is 0. The zero-order chi connectivity index (χ0) is 22.7. The average molecular weight is 439 g/mol. The first-order valence-corrected chi connectivity index (χ1v) is 11.7. The van der Waals surface area contributed by atoms with Crippen LogP contribution in [0.3, 0.4) is 0 Å². The molecule has 0 saturated carbocycles. The summed E-state index contributed by atoms with van der Waals surface area (Å²) in [6, 6.07) is 6.28. The van der Waals surface area contributed by atoms with Crippen LogP contribution < -0.4 is 9.47 Å². The molecule has 7 heteroatoms. The van der Waals surface area contributed by atoms with E-state index >= 15 is 0 Å². The Morgan fingerprint density at radius 1 is 1.16 bits per heavy atom. The highest BCUT2D eigenvalue weighted by Crippen LogP contribution is 2.34. The van der Waals surface area contributed by atoms with Crippen LogP contribution in [0.5, 0.6) is 11.5 Å². The van der Waals surface area contributed by atoms with Gasteiger partial charge in [0.15, 0.2) is 11.5 Å². The molecule has 1 aromatic carbocycles. The number of hydrogen-bond acceptors (Lipinski definition) is 6. The molecule has 0 aliphatic carbocycles. The van der Waals surface area contributed by atoms with Gasteiger partial charge in [-0.05, 0) is 70.7 Å². The number of aromatic nitrogens is 2. The van der Waals surface area contributed by atoms with Crippen molar-refractivity contribution in [3.63, 3.8) is 0 Å². The van der Waals surface area contributed by atoms with Gasteiger partial charge in [0.05, 0.1) is 30.5 Å². The maximum atomic E-state index is 12.8. The number of likely N-dealkylation sites (tertiary alicyclic amines) is 2. The van der Waals surface area contributed by atoms with Gasteiger partial charge < -0.3 is 14.4 Å². The van der Waals surface area contributed by atoms with Crippen molar-refractivity contribution in [1.82, 2.24) is 19.8 Å². The van der Waals surface area contributed by atoms with Crippen molar-refractivity contribution in [3.8, 4) is 11.5 Å². The van der Waals surface area contributed by atoms with Crippen LogP contribution in [0, 0.1) is 6.92 Å². The predicted molar refractivity (Wildman–Crippen MR) is 123 cm³/mol. The van der Waals surface area contributed by atoms with Crippen molar-refractivity contribution >= 4 is 5.91 Å². The Bertz CT molecular complexity index is 956. The molecule has 0 unspecified atom stereocenters. The molecule has 2 aromatic rings. The molecule has 1 aromatic heterocycles. The second kappa shape index (κ2) is 9.86. The van der Waals surface area contributed by atoms with Crippen LogP contribution in [0.4, 0.5) is 0 Å². The third-order valence-electron chi connectivity index (χ3n) is 6.26. The predicted octanol–water partition coefficient (Wildman–Crippen LogP) is 4.15. The van der Waals surface area contributed by atoms with Crippen LogP contribution in [-0.4, -0.2) is 58.5 Å². The van der Waals surface area contributed by atoms with E-state index in [1.807, 2.05) is 31.7 Å². The minimum atomic E-state index is 0.0609. The average Bonchev–Trinajstić information content (AvgIpc) is 3.45. The number of carbonyl (C=O) groups excluding carboxylic acids is 1. The summed E-state index contributed by atoms with van der Waals surface area (Å²) in [5, 5.41) is 0. The van der Waals surface area contributed by atoms with Crippen molar-refractivity contribution in [3.05, 3.63) is 47.0 Å². The minimum Gasteiger partial charge on any atom is -0.493 e. The summed E-state index contributed by atoms with van der Waals surface area (Å²) in [6.45, 7) is 9.41. The number of nitrogens with zero attached hydrogens (tertiary/aromatic N) is 4. The van der Waals surface area contributed by atoms with E-state index in [2.05, 4.69) is 22.0 Å². The summed E-state index contributed by atoms with van der Waals surface area (Å²) < 4.78 is 11.4. The molecule has 0 radical (unpaired) electrons. The van der Waals surface area contributed by atoms with E-state index in [1.54, 1.807) is 13.3 Å². The SMILES string of the molecule is COc1ccc(CN2CCC[C@H]2c2ncc(C(=O)N3CCCC3)c(C)n2)cc1OC(C)C. The van der Waals surface area contributed by atoms with E-state index in [9.17, 15) is 4.79 Å². The van der Waals surface area contributed by atoms with E-state index in [-0.39, 0.29) is 18.1 Å². The van der Waals surface area contributed by atoms with Gasteiger partial charge in [0, 0.05) is 25.8 Å². The van der Waals surface area contributed by atoms with Gasteiger partial charge in [0.1, 0.15) is 5.82 Å². The fourth-order valence-electron chi connectivity index (χ4n) is 4.65. The second-order valence-corrected chi connectivity index (χ2v) is 9.01. The van der Waals surface area contributed by atoms with Gasteiger partial charge in [-0.1, -0.05) is 6.07 Å². The first-order chi connectivity index (χ1) is 15.5. The molecule has 0 bridgehead atoms. The third-order valence-corrected chi connectivity index (χ3v) is 6.26. The van der Waals surface area contributed by atoms with Crippen molar-refractivity contribution in [1.29, 1.82) is 0 Å². The number of carbonyl (C=O) groups is 1. The van der Waals surface area contributed by atoms with Crippen LogP contribution in [0.2, 0.25) is 0 Å². The van der Waals surface area contributed by atoms with E-state index < -0.39 is 0 Å². The topological polar surface area (TPSA) is 67.8 Å². The maximum Gasteiger partial charge on any atom is 0.257 e. The normalized spacial score (nSPS) is 19.0. The maximum absolute atomic E-state index is 12.8. The molecule has 0 N–H and O–H groups in total. The number of benzene rings is 1. The van der Waals surface area contributed by atoms with Crippen LogP contribution in [0.25, 0.3) is 0 Å². The number of aryl methyl sites for hydroxylation is 1. The van der Waals surface area contributed by atoms with Crippen LogP contribution in [-0.2, 0) is 6.54 Å². The molecule has 4 rings (SSSR count). The second-order valence-electron chi connectivity index (χ2n) is 9.01. The fourth-order valence-corrected chi connectivity index (χ4v) is 4.65. The smallest absolute Gasteiger partial charge is 0.257 e. The lowest BCUT2D eigenvalue weighted by Gasteiger charge is -2.25. The lowest BCUT2D eigenvalue weighted by molar-refractivity contribution is 0.0791. The molecule has 7 nitrogen and oxygen atoms in total. The Balaban J connectivity index is 1.50. The Morgan fingerprint density at radius 2 is 1.94 bits per heavy atom.